The molecule has 1 heterocycles. The molecular weight excluding hydrogens is 284 g/mol. The summed E-state index contributed by atoms with van der Waals surface area (Å²) >= 11 is 0. The molecule has 2 unspecified atom stereocenters. The molecule has 0 aromatic heterocycles. The van der Waals surface area contributed by atoms with Crippen LogP contribution < -0.4 is 10.6 Å². The van der Waals surface area contributed by atoms with E-state index in [0.717, 1.165) is 11.1 Å². The summed E-state index contributed by atoms with van der Waals surface area (Å²) in [6, 6.07) is 9.60. The van der Waals surface area contributed by atoms with E-state index in [-0.39, 0.29) is 35.1 Å². The second kappa shape index (κ2) is 5.75. The van der Waals surface area contributed by atoms with E-state index in [2.05, 4.69) is 10.6 Å². The Morgan fingerprint density at radius 2 is 1.05 bits per heavy atom. The number of piperazine rings is 1. The van der Waals surface area contributed by atoms with Crippen LogP contribution in [-0.2, 0) is 0 Å². The van der Waals surface area contributed by atoms with Gasteiger partial charge in [-0.1, -0.05) is 12.1 Å². The van der Waals surface area contributed by atoms with E-state index in [4.69, 9.17) is 0 Å². The fourth-order valence-corrected chi connectivity index (χ4v) is 2.65. The zero-order valence-electron chi connectivity index (χ0n) is 11.8. The zero-order chi connectivity index (χ0) is 15.7. The average Bonchev–Trinajstić information content (AvgIpc) is 2.53. The molecule has 2 aromatic carbocycles. The lowest BCUT2D eigenvalue weighted by molar-refractivity contribution is 0.352. The fourth-order valence-electron chi connectivity index (χ4n) is 2.65. The minimum absolute atomic E-state index is 0.0217. The van der Waals surface area contributed by atoms with Crippen molar-refractivity contribution in [3.63, 3.8) is 0 Å². The van der Waals surface area contributed by atoms with E-state index in [1.165, 1.54) is 12.1 Å². The zero-order valence-corrected chi connectivity index (χ0v) is 11.8. The molecule has 1 aliphatic heterocycles. The number of rotatable bonds is 2. The Hall–Kier alpha value is -2.44. The predicted octanol–water partition coefficient (Wildman–Crippen LogP) is 1.48. The smallest absolute Gasteiger partial charge is 0.157 e. The number of phenols is 4. The van der Waals surface area contributed by atoms with Crippen LogP contribution >= 0.6 is 0 Å². The molecule has 0 radical (unpaired) electrons. The van der Waals surface area contributed by atoms with Gasteiger partial charge in [0.2, 0.25) is 0 Å². The number of aromatic hydroxyl groups is 4. The van der Waals surface area contributed by atoms with Gasteiger partial charge in [0, 0.05) is 25.2 Å². The Bertz CT molecular complexity index is 622. The SMILES string of the molecule is Oc1ccc(C2CNC(c3ccc(O)c(O)c3)CN2)cc1O. The van der Waals surface area contributed by atoms with Crippen LogP contribution in [0, 0.1) is 0 Å². The van der Waals surface area contributed by atoms with Gasteiger partial charge in [-0.3, -0.25) is 0 Å². The van der Waals surface area contributed by atoms with Crippen molar-refractivity contribution in [3.05, 3.63) is 47.5 Å². The molecule has 0 spiro atoms. The summed E-state index contributed by atoms with van der Waals surface area (Å²) in [5.41, 5.74) is 1.77. The van der Waals surface area contributed by atoms with Gasteiger partial charge in [0.05, 0.1) is 0 Å². The Labute approximate surface area is 127 Å². The maximum absolute atomic E-state index is 9.57. The van der Waals surface area contributed by atoms with Gasteiger partial charge < -0.3 is 31.1 Å². The molecule has 6 nitrogen and oxygen atoms in total. The molecule has 2 atom stereocenters. The molecule has 0 saturated carbocycles. The minimum Gasteiger partial charge on any atom is -0.504 e. The molecule has 0 bridgehead atoms. The van der Waals surface area contributed by atoms with E-state index >= 15 is 0 Å². The van der Waals surface area contributed by atoms with Gasteiger partial charge in [0.15, 0.2) is 23.0 Å². The first-order valence-corrected chi connectivity index (χ1v) is 7.05. The van der Waals surface area contributed by atoms with Crippen molar-refractivity contribution in [2.24, 2.45) is 0 Å². The molecule has 6 heteroatoms. The Balaban J connectivity index is 1.69. The normalized spacial score (nSPS) is 21.6. The summed E-state index contributed by atoms with van der Waals surface area (Å²) in [4.78, 5) is 0. The van der Waals surface area contributed by atoms with Crippen LogP contribution in [0.2, 0.25) is 0 Å². The third kappa shape index (κ3) is 2.79. The summed E-state index contributed by atoms with van der Waals surface area (Å²) in [5, 5.41) is 44.6. The maximum atomic E-state index is 9.57. The van der Waals surface area contributed by atoms with E-state index in [9.17, 15) is 20.4 Å². The summed E-state index contributed by atoms with van der Waals surface area (Å²) in [6.45, 7) is 1.27. The lowest BCUT2D eigenvalue weighted by atomic mass is 9.99. The second-order valence-electron chi connectivity index (χ2n) is 5.42. The molecule has 6 N–H and O–H groups in total. The Morgan fingerprint density at radius 3 is 1.36 bits per heavy atom. The standard InChI is InChI=1S/C16H18N2O4/c19-13-3-1-9(5-15(13)21)11-7-18-12(8-17-11)10-2-4-14(20)16(22)6-10/h1-6,11-12,17-22H,7-8H2. The van der Waals surface area contributed by atoms with Crippen LogP contribution in [0.5, 0.6) is 23.0 Å². The Morgan fingerprint density at radius 1 is 0.636 bits per heavy atom. The topological polar surface area (TPSA) is 105 Å². The van der Waals surface area contributed by atoms with Crippen LogP contribution in [0.15, 0.2) is 36.4 Å². The molecule has 0 amide bonds. The van der Waals surface area contributed by atoms with Crippen LogP contribution in [-0.4, -0.2) is 33.5 Å². The highest BCUT2D eigenvalue weighted by atomic mass is 16.3. The van der Waals surface area contributed by atoms with Crippen molar-refractivity contribution >= 4 is 0 Å². The first-order chi connectivity index (χ1) is 10.5. The lowest BCUT2D eigenvalue weighted by Crippen LogP contribution is -2.45. The number of hydrogen-bond acceptors (Lipinski definition) is 6. The summed E-state index contributed by atoms with van der Waals surface area (Å²) < 4.78 is 0. The van der Waals surface area contributed by atoms with Crippen LogP contribution in [0.3, 0.4) is 0 Å². The summed E-state index contributed by atoms with van der Waals surface area (Å²) in [6.07, 6.45) is 0. The van der Waals surface area contributed by atoms with E-state index in [0.29, 0.717) is 13.1 Å². The molecule has 1 saturated heterocycles. The minimum atomic E-state index is -0.134. The highest BCUT2D eigenvalue weighted by Crippen LogP contribution is 2.31. The lowest BCUT2D eigenvalue weighted by Gasteiger charge is -2.32. The molecule has 1 aliphatic rings. The molecule has 22 heavy (non-hydrogen) atoms. The summed E-state index contributed by atoms with van der Waals surface area (Å²) in [7, 11) is 0. The van der Waals surface area contributed by atoms with Gasteiger partial charge >= 0.3 is 0 Å². The maximum Gasteiger partial charge on any atom is 0.157 e. The average molecular weight is 302 g/mol. The number of nitrogens with one attached hydrogen (secondary N) is 2. The van der Waals surface area contributed by atoms with Crippen LogP contribution in [0.1, 0.15) is 23.2 Å². The highest BCUT2D eigenvalue weighted by molar-refractivity contribution is 5.43. The van der Waals surface area contributed by atoms with E-state index in [1.54, 1.807) is 24.3 Å². The molecule has 1 fully saturated rings. The van der Waals surface area contributed by atoms with Crippen molar-refractivity contribution in [3.8, 4) is 23.0 Å². The molecule has 0 aliphatic carbocycles. The number of benzene rings is 2. The number of hydrogen-bond donors (Lipinski definition) is 6. The van der Waals surface area contributed by atoms with Crippen molar-refractivity contribution < 1.29 is 20.4 Å². The second-order valence-corrected chi connectivity index (χ2v) is 5.42. The van der Waals surface area contributed by atoms with Gasteiger partial charge in [-0.15, -0.1) is 0 Å². The molecular formula is C16H18N2O4. The number of phenolic OH excluding ortho intramolecular Hbond substituents is 4. The van der Waals surface area contributed by atoms with Gasteiger partial charge in [-0.25, -0.2) is 0 Å². The van der Waals surface area contributed by atoms with Gasteiger partial charge in [-0.2, -0.15) is 0 Å². The van der Waals surface area contributed by atoms with Crippen molar-refractivity contribution in [2.45, 2.75) is 12.1 Å². The third-order valence-electron chi connectivity index (χ3n) is 3.94. The highest BCUT2D eigenvalue weighted by Gasteiger charge is 2.23. The van der Waals surface area contributed by atoms with Crippen molar-refractivity contribution in [1.29, 1.82) is 0 Å². The van der Waals surface area contributed by atoms with Gasteiger partial charge in [-0.05, 0) is 35.4 Å². The van der Waals surface area contributed by atoms with Crippen LogP contribution in [0.25, 0.3) is 0 Å². The summed E-state index contributed by atoms with van der Waals surface area (Å²) in [5.74, 6) is -0.537. The van der Waals surface area contributed by atoms with Crippen molar-refractivity contribution in [2.75, 3.05) is 13.1 Å². The quantitative estimate of drug-likeness (QED) is 0.470. The first-order valence-electron chi connectivity index (χ1n) is 7.05. The van der Waals surface area contributed by atoms with Gasteiger partial charge in [0.1, 0.15) is 0 Å². The monoisotopic (exact) mass is 302 g/mol. The third-order valence-corrected chi connectivity index (χ3v) is 3.94. The fraction of sp³-hybridized carbons (Fsp3) is 0.250. The molecule has 3 rings (SSSR count). The van der Waals surface area contributed by atoms with Crippen LogP contribution in [0.4, 0.5) is 0 Å². The van der Waals surface area contributed by atoms with E-state index in [1.807, 2.05) is 0 Å². The first kappa shape index (κ1) is 14.5. The van der Waals surface area contributed by atoms with Gasteiger partial charge in [0.25, 0.3) is 0 Å². The molecule has 116 valence electrons. The Kier molecular flexibility index (Phi) is 3.79. The van der Waals surface area contributed by atoms with Crippen molar-refractivity contribution in [1.82, 2.24) is 10.6 Å². The predicted molar refractivity (Wildman–Crippen MR) is 81.0 cm³/mol. The molecule has 2 aromatic rings. The largest absolute Gasteiger partial charge is 0.504 e. The van der Waals surface area contributed by atoms with E-state index < -0.39 is 0 Å².